The molecule has 7 atom stereocenters. The minimum absolute atomic E-state index is 0.0630. The highest BCUT2D eigenvalue weighted by Gasteiger charge is 2.47. The number of rotatable bonds is 5. The summed E-state index contributed by atoms with van der Waals surface area (Å²) in [7, 11) is 0. The smallest absolute Gasteiger partial charge is 0.261 e. The Balaban J connectivity index is 1.14. The van der Waals surface area contributed by atoms with Gasteiger partial charge in [0.25, 0.3) is 5.91 Å². The van der Waals surface area contributed by atoms with Crippen LogP contribution in [0.15, 0.2) is 48.5 Å². The lowest BCUT2D eigenvalue weighted by Gasteiger charge is -2.42. The van der Waals surface area contributed by atoms with Crippen LogP contribution in [-0.2, 0) is 30.5 Å². The first-order valence-corrected chi connectivity index (χ1v) is 16.2. The average Bonchev–Trinajstić information content (AvgIpc) is 3.79. The number of piperazine rings is 1. The number of carbonyl (C=O) groups excluding carboxylic acids is 4. The van der Waals surface area contributed by atoms with Crippen LogP contribution in [0.4, 0.5) is 0 Å². The van der Waals surface area contributed by atoms with Crippen molar-refractivity contribution in [1.82, 2.24) is 25.3 Å². The van der Waals surface area contributed by atoms with E-state index in [9.17, 15) is 29.4 Å². The molecule has 7 rings (SSSR count). The minimum Gasteiger partial charge on any atom is -0.484 e. The minimum atomic E-state index is -1.34. The Kier molecular flexibility index (Phi) is 9.09. The molecule has 4 N–H and O–H groups in total. The van der Waals surface area contributed by atoms with Gasteiger partial charge in [-0.3, -0.25) is 24.1 Å². The van der Waals surface area contributed by atoms with Crippen molar-refractivity contribution in [1.29, 1.82) is 0 Å². The molecule has 256 valence electrons. The molecule has 6 bridgehead atoms. The standard InChI is InChI=1S/C33H39N5O10/c39-28-12-26-30(41)31(42)27(48-26)13-34-32(43)23-16-36(8-9-38(23)29(40)17-45-21-4-2-1-3-5-21)33(44)22-11-20(35-28)15-37(22)14-19-6-7-24-25(10-19)47-18-46-24/h1-7,10,20,22-23,26-27,30-31,41-42H,8-9,11-18H2,(H,34,43)(H,35,39)/t20-,22-,23-,26-,27+,30-,31+/m0/s1. The lowest BCUT2D eigenvalue weighted by atomic mass is 10.0. The van der Waals surface area contributed by atoms with Gasteiger partial charge in [0.05, 0.1) is 25.1 Å². The molecule has 0 spiro atoms. The fourth-order valence-electron chi connectivity index (χ4n) is 7.13. The highest BCUT2D eigenvalue weighted by Crippen LogP contribution is 2.34. The van der Waals surface area contributed by atoms with Crippen LogP contribution in [-0.4, -0.2) is 137 Å². The van der Waals surface area contributed by atoms with Gasteiger partial charge in [0.1, 0.15) is 30.1 Å². The normalized spacial score (nSPS) is 30.6. The highest BCUT2D eigenvalue weighted by molar-refractivity contribution is 5.90. The van der Waals surface area contributed by atoms with E-state index < -0.39 is 48.3 Å². The van der Waals surface area contributed by atoms with Crippen molar-refractivity contribution in [3.8, 4) is 17.2 Å². The van der Waals surface area contributed by atoms with E-state index in [1.54, 1.807) is 29.2 Å². The summed E-state index contributed by atoms with van der Waals surface area (Å²) in [6, 6.07) is 12.4. The largest absolute Gasteiger partial charge is 0.484 e. The maximum atomic E-state index is 14.3. The summed E-state index contributed by atoms with van der Waals surface area (Å²) in [4.78, 5) is 59.5. The molecule has 4 amide bonds. The Bertz CT molecular complexity index is 1540. The quantitative estimate of drug-likeness (QED) is 0.295. The summed E-state index contributed by atoms with van der Waals surface area (Å²) in [5.74, 6) is 0.222. The van der Waals surface area contributed by atoms with Crippen molar-refractivity contribution in [3.05, 3.63) is 54.1 Å². The van der Waals surface area contributed by atoms with Gasteiger partial charge in [0.2, 0.25) is 24.5 Å². The second-order valence-electron chi connectivity index (χ2n) is 12.8. The summed E-state index contributed by atoms with van der Waals surface area (Å²) in [5.41, 5.74) is 0.892. The third-order valence-corrected chi connectivity index (χ3v) is 9.62. The van der Waals surface area contributed by atoms with Gasteiger partial charge in [-0.1, -0.05) is 24.3 Å². The van der Waals surface area contributed by atoms with Crippen LogP contribution in [0.5, 0.6) is 17.2 Å². The number of aliphatic hydroxyl groups excluding tert-OH is 2. The predicted octanol–water partition coefficient (Wildman–Crippen LogP) is -1.40. The molecule has 0 aliphatic carbocycles. The van der Waals surface area contributed by atoms with Crippen molar-refractivity contribution in [3.63, 3.8) is 0 Å². The molecule has 0 unspecified atom stereocenters. The highest BCUT2D eigenvalue weighted by atomic mass is 16.7. The molecule has 2 aromatic rings. The van der Waals surface area contributed by atoms with E-state index in [1.165, 1.54) is 4.90 Å². The number of nitrogens with one attached hydrogen (secondary N) is 2. The molecule has 15 nitrogen and oxygen atoms in total. The van der Waals surface area contributed by atoms with Crippen LogP contribution in [0.3, 0.4) is 0 Å². The average molecular weight is 666 g/mol. The molecule has 0 radical (unpaired) electrons. The van der Waals surface area contributed by atoms with E-state index in [1.807, 2.05) is 29.2 Å². The maximum Gasteiger partial charge on any atom is 0.261 e. The summed E-state index contributed by atoms with van der Waals surface area (Å²) < 4.78 is 22.5. The Labute approximate surface area is 276 Å². The van der Waals surface area contributed by atoms with Crippen LogP contribution >= 0.6 is 0 Å². The topological polar surface area (TPSA) is 179 Å². The second kappa shape index (κ2) is 13.6. The second-order valence-corrected chi connectivity index (χ2v) is 12.8. The molecule has 2 aromatic carbocycles. The zero-order chi connectivity index (χ0) is 33.4. The van der Waals surface area contributed by atoms with Gasteiger partial charge in [-0.25, -0.2) is 0 Å². The van der Waals surface area contributed by atoms with Crippen molar-refractivity contribution < 1.29 is 48.3 Å². The molecule has 4 saturated heterocycles. The Morgan fingerprint density at radius 1 is 0.938 bits per heavy atom. The number of fused-ring (bicyclic) bond motifs is 7. The zero-order valence-corrected chi connectivity index (χ0v) is 26.2. The maximum absolute atomic E-state index is 14.3. The van der Waals surface area contributed by atoms with Gasteiger partial charge in [-0.2, -0.15) is 0 Å². The molecule has 48 heavy (non-hydrogen) atoms. The number of para-hydroxylation sites is 1. The van der Waals surface area contributed by atoms with E-state index in [2.05, 4.69) is 10.6 Å². The van der Waals surface area contributed by atoms with E-state index in [0.717, 1.165) is 5.56 Å². The number of amides is 4. The van der Waals surface area contributed by atoms with E-state index in [0.29, 0.717) is 36.8 Å². The van der Waals surface area contributed by atoms with Crippen molar-refractivity contribution in [2.24, 2.45) is 0 Å². The molecule has 0 saturated carbocycles. The summed E-state index contributed by atoms with van der Waals surface area (Å²) >= 11 is 0. The molecule has 5 heterocycles. The molecule has 0 aromatic heterocycles. The van der Waals surface area contributed by atoms with Crippen LogP contribution < -0.4 is 24.8 Å². The number of aliphatic hydroxyl groups is 2. The van der Waals surface area contributed by atoms with E-state index in [4.69, 9.17) is 18.9 Å². The third-order valence-electron chi connectivity index (χ3n) is 9.62. The van der Waals surface area contributed by atoms with Gasteiger partial charge < -0.3 is 49.6 Å². The summed E-state index contributed by atoms with van der Waals surface area (Å²) in [5, 5.41) is 27.1. The number of nitrogens with zero attached hydrogens (tertiary/aromatic N) is 3. The van der Waals surface area contributed by atoms with E-state index >= 15 is 0 Å². The number of hydrogen-bond acceptors (Lipinski definition) is 11. The number of hydrogen-bond donors (Lipinski definition) is 4. The van der Waals surface area contributed by atoms with Crippen LogP contribution in [0.25, 0.3) is 0 Å². The van der Waals surface area contributed by atoms with Gasteiger partial charge in [-0.05, 0) is 36.2 Å². The lowest BCUT2D eigenvalue weighted by Crippen LogP contribution is -2.64. The number of benzene rings is 2. The molecule has 4 fully saturated rings. The zero-order valence-electron chi connectivity index (χ0n) is 26.2. The summed E-state index contributed by atoms with van der Waals surface area (Å²) in [6.45, 7) is 0.654. The fraction of sp³-hybridized carbons (Fsp3) is 0.515. The lowest BCUT2D eigenvalue weighted by molar-refractivity contribution is -0.151. The first-order chi connectivity index (χ1) is 23.2. The Morgan fingerprint density at radius 2 is 1.73 bits per heavy atom. The van der Waals surface area contributed by atoms with E-state index in [-0.39, 0.29) is 63.9 Å². The molecular formula is C33H39N5O10. The predicted molar refractivity (Wildman–Crippen MR) is 166 cm³/mol. The monoisotopic (exact) mass is 665 g/mol. The molecule has 15 heteroatoms. The number of carbonyl (C=O) groups is 4. The van der Waals surface area contributed by atoms with Gasteiger partial charge in [0.15, 0.2) is 18.1 Å². The molecule has 5 aliphatic heterocycles. The summed E-state index contributed by atoms with van der Waals surface area (Å²) in [6.07, 6.45) is -4.54. The van der Waals surface area contributed by atoms with Crippen LogP contribution in [0, 0.1) is 0 Å². The number of likely N-dealkylation sites (tertiary alicyclic amines) is 1. The number of ether oxygens (including phenoxy) is 4. The van der Waals surface area contributed by atoms with Gasteiger partial charge in [-0.15, -0.1) is 0 Å². The van der Waals surface area contributed by atoms with Crippen LogP contribution in [0.1, 0.15) is 18.4 Å². The van der Waals surface area contributed by atoms with Gasteiger partial charge in [0, 0.05) is 38.8 Å². The Morgan fingerprint density at radius 3 is 2.56 bits per heavy atom. The van der Waals surface area contributed by atoms with Crippen LogP contribution in [0.2, 0.25) is 0 Å². The first-order valence-electron chi connectivity index (χ1n) is 16.2. The SMILES string of the molecule is O=C1C[C@@H]2O[C@H](CNC(=O)[C@@H]3CN(CCN3C(=O)COc3ccccc3)C(=O)[C@@H]3C[C@@H](CN3Cc3ccc4c(c3)OCO4)N1)[C@@H](O)[C@H]2O. The van der Waals surface area contributed by atoms with Gasteiger partial charge >= 0.3 is 0 Å². The molecular weight excluding hydrogens is 626 g/mol. The molecule has 5 aliphatic rings. The Hall–Kier alpha value is -4.44. The third kappa shape index (κ3) is 6.63. The first kappa shape index (κ1) is 32.1. The van der Waals surface area contributed by atoms with Crippen molar-refractivity contribution in [2.45, 2.75) is 61.9 Å². The fourth-order valence-corrected chi connectivity index (χ4v) is 7.13. The van der Waals surface area contributed by atoms with Crippen molar-refractivity contribution in [2.75, 3.05) is 46.1 Å². The van der Waals surface area contributed by atoms with Crippen molar-refractivity contribution >= 4 is 23.6 Å².